The van der Waals surface area contributed by atoms with E-state index in [1.54, 1.807) is 30.0 Å². The van der Waals surface area contributed by atoms with Crippen LogP contribution < -0.4 is 15.0 Å². The van der Waals surface area contributed by atoms with Gasteiger partial charge >= 0.3 is 0 Å². The summed E-state index contributed by atoms with van der Waals surface area (Å²) >= 11 is 0. The molecule has 2 amide bonds. The molecule has 0 spiro atoms. The molecular weight excluding hydrogens is 232 g/mol. The summed E-state index contributed by atoms with van der Waals surface area (Å²) in [7, 11) is 0. The predicted octanol–water partition coefficient (Wildman–Crippen LogP) is 1.78. The van der Waals surface area contributed by atoms with E-state index in [4.69, 9.17) is 4.74 Å². The van der Waals surface area contributed by atoms with Crippen molar-refractivity contribution in [2.45, 2.75) is 20.3 Å². The number of rotatable bonds is 3. The van der Waals surface area contributed by atoms with Gasteiger partial charge in [-0.05, 0) is 25.1 Å². The summed E-state index contributed by atoms with van der Waals surface area (Å²) < 4.78 is 5.35. The molecule has 1 aliphatic rings. The van der Waals surface area contributed by atoms with Gasteiger partial charge in [-0.25, -0.2) is 0 Å². The third-order valence-corrected chi connectivity index (χ3v) is 2.82. The second-order valence-electron chi connectivity index (χ2n) is 4.01. The minimum Gasteiger partial charge on any atom is -0.482 e. The molecule has 0 aliphatic carbocycles. The molecule has 1 heterocycles. The van der Waals surface area contributed by atoms with Crippen LogP contribution in [0.5, 0.6) is 5.75 Å². The number of hydrogen-bond acceptors (Lipinski definition) is 3. The lowest BCUT2D eigenvalue weighted by atomic mass is 10.2. The van der Waals surface area contributed by atoms with Crippen molar-refractivity contribution in [2.75, 3.05) is 23.4 Å². The van der Waals surface area contributed by atoms with Gasteiger partial charge in [0.05, 0.1) is 5.69 Å². The Morgan fingerprint density at radius 2 is 2.22 bits per heavy atom. The Bertz CT molecular complexity index is 485. The number of anilines is 2. The summed E-state index contributed by atoms with van der Waals surface area (Å²) in [6.45, 7) is 4.35. The number of carbonyl (C=O) groups is 2. The highest BCUT2D eigenvalue weighted by Crippen LogP contribution is 2.34. The van der Waals surface area contributed by atoms with E-state index in [1.807, 2.05) is 6.92 Å². The number of likely N-dealkylation sites (N-methyl/N-ethyl adjacent to an activating group) is 1. The molecule has 96 valence electrons. The molecule has 0 aromatic heterocycles. The lowest BCUT2D eigenvalue weighted by Crippen LogP contribution is -2.38. The first kappa shape index (κ1) is 12.4. The molecule has 5 heteroatoms. The molecule has 0 unspecified atom stereocenters. The van der Waals surface area contributed by atoms with Gasteiger partial charge in [0, 0.05) is 18.7 Å². The molecule has 0 saturated carbocycles. The van der Waals surface area contributed by atoms with Gasteiger partial charge in [0.15, 0.2) is 6.61 Å². The van der Waals surface area contributed by atoms with Crippen molar-refractivity contribution < 1.29 is 14.3 Å². The SMILES string of the molecule is CCC(=O)Nc1ccc2c(c1)N(CC)C(=O)CO2. The molecule has 1 aromatic rings. The standard InChI is InChI=1S/C13H16N2O3/c1-3-12(16)14-9-5-6-11-10(7-9)15(4-2)13(17)8-18-11/h5-7H,3-4,8H2,1-2H3,(H,14,16). The van der Waals surface area contributed by atoms with Crippen LogP contribution in [0.1, 0.15) is 20.3 Å². The van der Waals surface area contributed by atoms with Gasteiger partial charge in [-0.1, -0.05) is 6.92 Å². The third kappa shape index (κ3) is 2.30. The smallest absolute Gasteiger partial charge is 0.265 e. The summed E-state index contributed by atoms with van der Waals surface area (Å²) in [5, 5.41) is 2.77. The fourth-order valence-corrected chi connectivity index (χ4v) is 1.88. The number of nitrogens with zero attached hydrogens (tertiary/aromatic N) is 1. The Morgan fingerprint density at radius 3 is 2.89 bits per heavy atom. The quantitative estimate of drug-likeness (QED) is 0.887. The summed E-state index contributed by atoms with van der Waals surface area (Å²) in [6, 6.07) is 5.31. The fourth-order valence-electron chi connectivity index (χ4n) is 1.88. The zero-order valence-corrected chi connectivity index (χ0v) is 10.5. The molecule has 2 rings (SSSR count). The Hall–Kier alpha value is -2.04. The van der Waals surface area contributed by atoms with Gasteiger partial charge in [-0.2, -0.15) is 0 Å². The largest absolute Gasteiger partial charge is 0.482 e. The molecule has 0 atom stereocenters. The van der Waals surface area contributed by atoms with Crippen LogP contribution in [0.15, 0.2) is 18.2 Å². The number of fused-ring (bicyclic) bond motifs is 1. The number of benzene rings is 1. The van der Waals surface area contributed by atoms with Gasteiger partial charge in [-0.3, -0.25) is 9.59 Å². The Labute approximate surface area is 106 Å². The van der Waals surface area contributed by atoms with Crippen molar-refractivity contribution in [3.8, 4) is 5.75 Å². The molecule has 18 heavy (non-hydrogen) atoms. The molecule has 0 fully saturated rings. The van der Waals surface area contributed by atoms with Crippen molar-refractivity contribution in [3.63, 3.8) is 0 Å². The molecule has 0 saturated heterocycles. The summed E-state index contributed by atoms with van der Waals surface area (Å²) in [4.78, 5) is 24.7. The average molecular weight is 248 g/mol. The lowest BCUT2D eigenvalue weighted by molar-refractivity contribution is -0.121. The van der Waals surface area contributed by atoms with Crippen LogP contribution in [0.3, 0.4) is 0 Å². The summed E-state index contributed by atoms with van der Waals surface area (Å²) in [5.74, 6) is 0.552. The molecule has 1 aromatic carbocycles. The molecule has 0 bridgehead atoms. The van der Waals surface area contributed by atoms with E-state index < -0.39 is 0 Å². The van der Waals surface area contributed by atoms with Gasteiger partial charge in [0.1, 0.15) is 5.75 Å². The van der Waals surface area contributed by atoms with E-state index in [-0.39, 0.29) is 18.4 Å². The van der Waals surface area contributed by atoms with Crippen molar-refractivity contribution in [1.29, 1.82) is 0 Å². The average Bonchev–Trinajstić information content (AvgIpc) is 2.38. The van der Waals surface area contributed by atoms with Crippen molar-refractivity contribution in [1.82, 2.24) is 0 Å². The first-order valence-corrected chi connectivity index (χ1v) is 6.02. The van der Waals surface area contributed by atoms with Crippen LogP contribution in [0.25, 0.3) is 0 Å². The highest BCUT2D eigenvalue weighted by atomic mass is 16.5. The van der Waals surface area contributed by atoms with Crippen LogP contribution in [-0.4, -0.2) is 25.0 Å². The van der Waals surface area contributed by atoms with Crippen LogP contribution >= 0.6 is 0 Å². The van der Waals surface area contributed by atoms with Crippen molar-refractivity contribution in [3.05, 3.63) is 18.2 Å². The lowest BCUT2D eigenvalue weighted by Gasteiger charge is -2.28. The van der Waals surface area contributed by atoms with Gasteiger partial charge < -0.3 is 15.0 Å². The highest BCUT2D eigenvalue weighted by Gasteiger charge is 2.24. The minimum atomic E-state index is -0.0658. The van der Waals surface area contributed by atoms with E-state index in [0.29, 0.717) is 30.1 Å². The van der Waals surface area contributed by atoms with Crippen molar-refractivity contribution in [2.24, 2.45) is 0 Å². The van der Waals surface area contributed by atoms with E-state index in [1.165, 1.54) is 0 Å². The number of hydrogen-bond donors (Lipinski definition) is 1. The second kappa shape index (κ2) is 5.08. The first-order chi connectivity index (χ1) is 8.65. The van der Waals surface area contributed by atoms with Gasteiger partial charge in [0.2, 0.25) is 5.91 Å². The fraction of sp³-hybridized carbons (Fsp3) is 0.385. The molecule has 5 nitrogen and oxygen atoms in total. The van der Waals surface area contributed by atoms with Crippen LogP contribution in [-0.2, 0) is 9.59 Å². The summed E-state index contributed by atoms with van der Waals surface area (Å²) in [6.07, 6.45) is 0.421. The zero-order chi connectivity index (χ0) is 13.1. The van der Waals surface area contributed by atoms with Crippen molar-refractivity contribution >= 4 is 23.2 Å². The minimum absolute atomic E-state index is 0.0546. The van der Waals surface area contributed by atoms with Gasteiger partial charge in [0.25, 0.3) is 5.91 Å². The van der Waals surface area contributed by atoms with Crippen LogP contribution in [0, 0.1) is 0 Å². The Kier molecular flexibility index (Phi) is 3.50. The van der Waals surface area contributed by atoms with E-state index in [2.05, 4.69) is 5.32 Å². The monoisotopic (exact) mass is 248 g/mol. The predicted molar refractivity (Wildman–Crippen MR) is 68.9 cm³/mol. The van der Waals surface area contributed by atoms with E-state index >= 15 is 0 Å². The van der Waals surface area contributed by atoms with Crippen LogP contribution in [0.4, 0.5) is 11.4 Å². The molecule has 1 aliphatic heterocycles. The highest BCUT2D eigenvalue weighted by molar-refractivity contribution is 5.99. The molecular formula is C13H16N2O3. The topological polar surface area (TPSA) is 58.6 Å². The number of nitrogens with one attached hydrogen (secondary N) is 1. The zero-order valence-electron chi connectivity index (χ0n) is 10.5. The summed E-state index contributed by atoms with van der Waals surface area (Å²) in [5.41, 5.74) is 1.39. The first-order valence-electron chi connectivity index (χ1n) is 6.02. The number of ether oxygens (including phenoxy) is 1. The maximum Gasteiger partial charge on any atom is 0.265 e. The Balaban J connectivity index is 2.31. The second-order valence-corrected chi connectivity index (χ2v) is 4.01. The maximum atomic E-state index is 11.7. The van der Waals surface area contributed by atoms with E-state index in [9.17, 15) is 9.59 Å². The number of amides is 2. The third-order valence-electron chi connectivity index (χ3n) is 2.82. The van der Waals surface area contributed by atoms with E-state index in [0.717, 1.165) is 0 Å². The Morgan fingerprint density at radius 1 is 1.44 bits per heavy atom. The normalized spacial score (nSPS) is 13.9. The maximum absolute atomic E-state index is 11.7. The van der Waals surface area contributed by atoms with Gasteiger partial charge in [-0.15, -0.1) is 0 Å². The number of carbonyl (C=O) groups excluding carboxylic acids is 2. The molecule has 1 N–H and O–H groups in total. The molecule has 0 radical (unpaired) electrons. The van der Waals surface area contributed by atoms with Crippen LogP contribution in [0.2, 0.25) is 0 Å².